The monoisotopic (exact) mass is 371 g/mol. The average Bonchev–Trinajstić information content (AvgIpc) is 2.96. The summed E-state index contributed by atoms with van der Waals surface area (Å²) in [6, 6.07) is 15.3. The highest BCUT2D eigenvalue weighted by atomic mass is 32.2. The Kier molecular flexibility index (Phi) is 5.61. The number of fused-ring (bicyclic) bond motifs is 1. The molecule has 0 aliphatic rings. The SMILES string of the molecule is CCCCS(=O)(=O)c1ccc(CCNn2c(C)nc3ccccc32)cc1. The summed E-state index contributed by atoms with van der Waals surface area (Å²) in [7, 11) is -3.15. The third kappa shape index (κ3) is 4.07. The van der Waals surface area contributed by atoms with Crippen molar-refractivity contribution in [1.29, 1.82) is 0 Å². The molecule has 1 aromatic heterocycles. The Morgan fingerprint density at radius 2 is 1.81 bits per heavy atom. The lowest BCUT2D eigenvalue weighted by Crippen LogP contribution is -2.18. The zero-order chi connectivity index (χ0) is 18.6. The molecule has 0 saturated heterocycles. The Hall–Kier alpha value is -2.34. The molecule has 0 bridgehead atoms. The van der Waals surface area contributed by atoms with E-state index in [1.54, 1.807) is 12.1 Å². The molecule has 0 unspecified atom stereocenters. The van der Waals surface area contributed by atoms with Gasteiger partial charge in [-0.3, -0.25) is 0 Å². The molecule has 3 aromatic rings. The fourth-order valence-corrected chi connectivity index (χ4v) is 4.43. The summed E-state index contributed by atoms with van der Waals surface area (Å²) >= 11 is 0. The van der Waals surface area contributed by atoms with Crippen molar-refractivity contribution in [2.24, 2.45) is 0 Å². The number of imidazole rings is 1. The van der Waals surface area contributed by atoms with Gasteiger partial charge in [0, 0.05) is 6.54 Å². The molecule has 3 rings (SSSR count). The van der Waals surface area contributed by atoms with Crippen molar-refractivity contribution in [2.75, 3.05) is 17.7 Å². The maximum atomic E-state index is 12.2. The lowest BCUT2D eigenvalue weighted by atomic mass is 10.1. The van der Waals surface area contributed by atoms with E-state index < -0.39 is 9.84 Å². The molecule has 2 aromatic carbocycles. The first-order valence-corrected chi connectivity index (χ1v) is 10.7. The summed E-state index contributed by atoms with van der Waals surface area (Å²) < 4.78 is 26.4. The summed E-state index contributed by atoms with van der Waals surface area (Å²) in [4.78, 5) is 4.95. The molecule has 138 valence electrons. The quantitative estimate of drug-likeness (QED) is 0.656. The van der Waals surface area contributed by atoms with Crippen molar-refractivity contribution in [1.82, 2.24) is 9.66 Å². The van der Waals surface area contributed by atoms with Crippen LogP contribution in [0.5, 0.6) is 0 Å². The van der Waals surface area contributed by atoms with E-state index in [4.69, 9.17) is 0 Å². The number of benzene rings is 2. The van der Waals surface area contributed by atoms with E-state index in [1.165, 1.54) is 0 Å². The van der Waals surface area contributed by atoms with E-state index in [-0.39, 0.29) is 5.75 Å². The van der Waals surface area contributed by atoms with Crippen LogP contribution >= 0.6 is 0 Å². The second-order valence-electron chi connectivity index (χ2n) is 6.46. The van der Waals surface area contributed by atoms with E-state index in [2.05, 4.69) is 10.4 Å². The molecule has 5 nitrogen and oxygen atoms in total. The van der Waals surface area contributed by atoms with E-state index in [1.807, 2.05) is 54.9 Å². The zero-order valence-electron chi connectivity index (χ0n) is 15.3. The molecule has 0 saturated carbocycles. The number of aryl methyl sites for hydroxylation is 1. The molecule has 1 heterocycles. The summed E-state index contributed by atoms with van der Waals surface area (Å²) in [6.45, 7) is 4.71. The molecule has 6 heteroatoms. The van der Waals surface area contributed by atoms with Crippen LogP contribution in [0.15, 0.2) is 53.4 Å². The van der Waals surface area contributed by atoms with Crippen LogP contribution in [-0.2, 0) is 16.3 Å². The van der Waals surface area contributed by atoms with Crippen molar-refractivity contribution in [3.05, 3.63) is 59.9 Å². The Balaban J connectivity index is 1.62. The van der Waals surface area contributed by atoms with Crippen LogP contribution < -0.4 is 5.43 Å². The first kappa shape index (κ1) is 18.5. The number of nitrogens with zero attached hydrogens (tertiary/aromatic N) is 2. The van der Waals surface area contributed by atoms with Crippen LogP contribution in [-0.4, -0.2) is 30.4 Å². The van der Waals surface area contributed by atoms with Gasteiger partial charge in [0.05, 0.1) is 21.7 Å². The topological polar surface area (TPSA) is 64.0 Å². The maximum absolute atomic E-state index is 12.2. The molecule has 0 aliphatic carbocycles. The van der Waals surface area contributed by atoms with Crippen molar-refractivity contribution in [3.63, 3.8) is 0 Å². The number of hydrogen-bond donors (Lipinski definition) is 1. The van der Waals surface area contributed by atoms with Crippen LogP contribution in [0.1, 0.15) is 31.2 Å². The minimum absolute atomic E-state index is 0.220. The smallest absolute Gasteiger partial charge is 0.178 e. The average molecular weight is 372 g/mol. The number of rotatable bonds is 8. The number of aromatic nitrogens is 2. The second kappa shape index (κ2) is 7.91. The fraction of sp³-hybridized carbons (Fsp3) is 0.350. The Bertz CT molecular complexity index is 976. The van der Waals surface area contributed by atoms with Crippen LogP contribution in [0.4, 0.5) is 0 Å². The van der Waals surface area contributed by atoms with Crippen molar-refractivity contribution >= 4 is 20.9 Å². The van der Waals surface area contributed by atoms with Crippen molar-refractivity contribution in [2.45, 2.75) is 38.0 Å². The number of unbranched alkanes of at least 4 members (excludes halogenated alkanes) is 1. The largest absolute Gasteiger partial charge is 0.324 e. The second-order valence-corrected chi connectivity index (χ2v) is 8.57. The van der Waals surface area contributed by atoms with Gasteiger partial charge < -0.3 is 5.43 Å². The third-order valence-corrected chi connectivity index (χ3v) is 6.28. The summed E-state index contributed by atoms with van der Waals surface area (Å²) in [5.74, 6) is 1.14. The summed E-state index contributed by atoms with van der Waals surface area (Å²) in [5, 5.41) is 0. The number of nitrogens with one attached hydrogen (secondary N) is 1. The third-order valence-electron chi connectivity index (χ3n) is 4.46. The van der Waals surface area contributed by atoms with Crippen molar-refractivity contribution in [3.8, 4) is 0 Å². The number of sulfone groups is 1. The summed E-state index contributed by atoms with van der Waals surface area (Å²) in [5.41, 5.74) is 6.53. The highest BCUT2D eigenvalue weighted by molar-refractivity contribution is 7.91. The molecule has 0 aliphatic heterocycles. The maximum Gasteiger partial charge on any atom is 0.178 e. The Labute approximate surface area is 155 Å². The van der Waals surface area contributed by atoms with Crippen LogP contribution in [0.3, 0.4) is 0 Å². The van der Waals surface area contributed by atoms with Gasteiger partial charge in [-0.15, -0.1) is 0 Å². The van der Waals surface area contributed by atoms with Gasteiger partial charge in [-0.1, -0.05) is 37.6 Å². The van der Waals surface area contributed by atoms with Crippen LogP contribution in [0.25, 0.3) is 11.0 Å². The number of para-hydroxylation sites is 2. The fourth-order valence-electron chi connectivity index (χ4n) is 2.97. The molecular weight excluding hydrogens is 346 g/mol. The molecule has 0 radical (unpaired) electrons. The lowest BCUT2D eigenvalue weighted by Gasteiger charge is -2.11. The van der Waals surface area contributed by atoms with E-state index in [0.29, 0.717) is 11.3 Å². The Morgan fingerprint density at radius 3 is 2.54 bits per heavy atom. The van der Waals surface area contributed by atoms with Crippen LogP contribution in [0.2, 0.25) is 0 Å². The lowest BCUT2D eigenvalue weighted by molar-refractivity contribution is 0.592. The standard InChI is InChI=1S/C20H25N3O2S/c1-3-4-15-26(24,25)18-11-9-17(10-12-18)13-14-21-23-16(2)22-19-7-5-6-8-20(19)23/h5-12,21H,3-4,13-15H2,1-2H3. The first-order valence-electron chi connectivity index (χ1n) is 9.01. The minimum Gasteiger partial charge on any atom is -0.324 e. The molecule has 26 heavy (non-hydrogen) atoms. The van der Waals surface area contributed by atoms with E-state index in [9.17, 15) is 8.42 Å². The molecule has 0 spiro atoms. The van der Waals surface area contributed by atoms with E-state index in [0.717, 1.165) is 41.8 Å². The van der Waals surface area contributed by atoms with E-state index >= 15 is 0 Å². The molecule has 1 N–H and O–H groups in total. The molecule has 0 atom stereocenters. The highest BCUT2D eigenvalue weighted by Crippen LogP contribution is 2.15. The minimum atomic E-state index is -3.15. The van der Waals surface area contributed by atoms with Gasteiger partial charge in [-0.25, -0.2) is 18.1 Å². The van der Waals surface area contributed by atoms with Gasteiger partial charge in [-0.2, -0.15) is 0 Å². The van der Waals surface area contributed by atoms with Gasteiger partial charge in [-0.05, 0) is 49.6 Å². The zero-order valence-corrected chi connectivity index (χ0v) is 16.1. The highest BCUT2D eigenvalue weighted by Gasteiger charge is 2.13. The van der Waals surface area contributed by atoms with Gasteiger partial charge in [0.2, 0.25) is 0 Å². The van der Waals surface area contributed by atoms with Crippen molar-refractivity contribution < 1.29 is 8.42 Å². The predicted octanol–water partition coefficient (Wildman–Crippen LogP) is 3.70. The predicted molar refractivity (Wildman–Crippen MR) is 106 cm³/mol. The van der Waals surface area contributed by atoms with Gasteiger partial charge in [0.1, 0.15) is 5.82 Å². The molecule has 0 amide bonds. The number of hydrogen-bond acceptors (Lipinski definition) is 4. The van der Waals surface area contributed by atoms with Gasteiger partial charge >= 0.3 is 0 Å². The van der Waals surface area contributed by atoms with Crippen LogP contribution in [0, 0.1) is 6.92 Å². The Morgan fingerprint density at radius 1 is 1.08 bits per heavy atom. The normalized spacial score (nSPS) is 11.8. The summed E-state index contributed by atoms with van der Waals surface area (Å²) in [6.07, 6.45) is 2.39. The molecular formula is C20H25N3O2S. The first-order chi connectivity index (χ1) is 12.5. The van der Waals surface area contributed by atoms with Gasteiger partial charge in [0.15, 0.2) is 9.84 Å². The molecule has 0 fully saturated rings. The van der Waals surface area contributed by atoms with Gasteiger partial charge in [0.25, 0.3) is 0 Å².